The summed E-state index contributed by atoms with van der Waals surface area (Å²) in [6.45, 7) is 0. The van der Waals surface area contributed by atoms with Crippen LogP contribution in [0.15, 0.2) is 41.4 Å². The van der Waals surface area contributed by atoms with E-state index in [9.17, 15) is 26.4 Å². The molecule has 2 aromatic rings. The summed E-state index contributed by atoms with van der Waals surface area (Å²) in [6, 6.07) is 5.96. The second-order valence-corrected chi connectivity index (χ2v) is 9.17. The number of carbonyl (C=O) groups is 1. The zero-order chi connectivity index (χ0) is 22.5. The van der Waals surface area contributed by atoms with Crippen LogP contribution in [0.2, 0.25) is 0 Å². The first-order chi connectivity index (χ1) is 14.6. The lowest BCUT2D eigenvalue weighted by molar-refractivity contribution is -0.141. The lowest BCUT2D eigenvalue weighted by Crippen LogP contribution is -2.17. The van der Waals surface area contributed by atoms with Crippen molar-refractivity contribution in [3.63, 3.8) is 0 Å². The highest BCUT2D eigenvalue weighted by Gasteiger charge is 2.33. The van der Waals surface area contributed by atoms with E-state index in [1.165, 1.54) is 43.5 Å². The van der Waals surface area contributed by atoms with Crippen LogP contribution in [0.3, 0.4) is 0 Å². The van der Waals surface area contributed by atoms with Gasteiger partial charge in [0.2, 0.25) is 11.9 Å². The molecular weight excluding hydrogens is 433 g/mol. The summed E-state index contributed by atoms with van der Waals surface area (Å²) < 4.78 is 64.9. The van der Waals surface area contributed by atoms with Gasteiger partial charge in [-0.3, -0.25) is 4.79 Å². The van der Waals surface area contributed by atoms with E-state index >= 15 is 0 Å². The summed E-state index contributed by atoms with van der Waals surface area (Å²) in [5.74, 6) is -0.247. The second-order valence-electron chi connectivity index (χ2n) is 7.48. The van der Waals surface area contributed by atoms with Crippen LogP contribution >= 0.6 is 0 Å². The number of hydrogen-bond donors (Lipinski definition) is 2. The molecule has 11 heteroatoms. The Kier molecular flexibility index (Phi) is 7.14. The first kappa shape index (κ1) is 23.0. The summed E-state index contributed by atoms with van der Waals surface area (Å²) in [5, 5.41) is 2.73. The van der Waals surface area contributed by atoms with Crippen molar-refractivity contribution >= 4 is 27.6 Å². The summed E-state index contributed by atoms with van der Waals surface area (Å²) in [4.78, 5) is 18.6. The van der Waals surface area contributed by atoms with Gasteiger partial charge in [0.15, 0.2) is 0 Å². The summed E-state index contributed by atoms with van der Waals surface area (Å²) in [5.41, 5.74) is -0.825. The van der Waals surface area contributed by atoms with Crippen LogP contribution in [0.4, 0.5) is 24.8 Å². The Morgan fingerprint density at radius 3 is 2.39 bits per heavy atom. The quantitative estimate of drug-likeness (QED) is 0.634. The Labute approximate surface area is 178 Å². The Morgan fingerprint density at radius 1 is 1.06 bits per heavy atom. The van der Waals surface area contributed by atoms with Crippen molar-refractivity contribution in [3.05, 3.63) is 42.2 Å². The van der Waals surface area contributed by atoms with Gasteiger partial charge in [-0.15, -0.1) is 0 Å². The third-order valence-electron chi connectivity index (χ3n) is 5.12. The number of nitrogens with one attached hydrogen (secondary N) is 2. The molecule has 0 spiro atoms. The van der Waals surface area contributed by atoms with E-state index in [-0.39, 0.29) is 10.8 Å². The van der Waals surface area contributed by atoms with Crippen molar-refractivity contribution in [2.75, 3.05) is 10.0 Å². The van der Waals surface area contributed by atoms with Gasteiger partial charge < -0.3 is 5.32 Å². The molecule has 31 heavy (non-hydrogen) atoms. The number of amides is 1. The molecule has 0 bridgehead atoms. The topological polar surface area (TPSA) is 101 Å². The fraction of sp³-hybridized carbons (Fsp3) is 0.450. The molecule has 1 heterocycles. The maximum Gasteiger partial charge on any atom is 0.433 e. The van der Waals surface area contributed by atoms with Crippen LogP contribution < -0.4 is 10.0 Å². The van der Waals surface area contributed by atoms with E-state index in [4.69, 9.17) is 0 Å². The number of hydrogen-bond acceptors (Lipinski definition) is 5. The van der Waals surface area contributed by atoms with Gasteiger partial charge in [0.25, 0.3) is 10.0 Å². The van der Waals surface area contributed by atoms with Crippen molar-refractivity contribution < 1.29 is 26.4 Å². The number of halogens is 3. The smallest absolute Gasteiger partial charge is 0.326 e. The second kappa shape index (κ2) is 9.63. The molecular formula is C20H23F3N4O3S. The van der Waals surface area contributed by atoms with Gasteiger partial charge in [0.1, 0.15) is 5.69 Å². The fourth-order valence-electron chi connectivity index (χ4n) is 3.50. The van der Waals surface area contributed by atoms with Gasteiger partial charge in [-0.25, -0.2) is 23.1 Å². The molecule has 1 amide bonds. The molecule has 168 valence electrons. The van der Waals surface area contributed by atoms with Crippen LogP contribution in [0.25, 0.3) is 0 Å². The maximum atomic E-state index is 12.7. The number of rotatable bonds is 7. The average molecular weight is 456 g/mol. The largest absolute Gasteiger partial charge is 0.433 e. The van der Waals surface area contributed by atoms with E-state index in [0.717, 1.165) is 25.5 Å². The van der Waals surface area contributed by atoms with Crippen molar-refractivity contribution in [1.82, 2.24) is 9.97 Å². The van der Waals surface area contributed by atoms with Crippen LogP contribution in [0.1, 0.15) is 50.6 Å². The number of alkyl halides is 3. The molecule has 1 aliphatic rings. The summed E-state index contributed by atoms with van der Waals surface area (Å²) in [7, 11) is -4.20. The molecule has 1 aromatic carbocycles. The van der Waals surface area contributed by atoms with Gasteiger partial charge in [-0.2, -0.15) is 13.2 Å². The molecule has 1 saturated carbocycles. The lowest BCUT2D eigenvalue weighted by Gasteiger charge is -2.21. The van der Waals surface area contributed by atoms with Crippen LogP contribution in [-0.4, -0.2) is 24.3 Å². The molecule has 7 nitrogen and oxygen atoms in total. The average Bonchev–Trinajstić information content (AvgIpc) is 2.73. The monoisotopic (exact) mass is 456 g/mol. The fourth-order valence-corrected chi connectivity index (χ4v) is 4.45. The summed E-state index contributed by atoms with van der Waals surface area (Å²) in [6.07, 6.45) is 3.32. The van der Waals surface area contributed by atoms with Gasteiger partial charge in [-0.05, 0) is 42.7 Å². The van der Waals surface area contributed by atoms with E-state index in [1.54, 1.807) is 0 Å². The van der Waals surface area contributed by atoms with E-state index in [1.807, 2.05) is 4.72 Å². The zero-order valence-electron chi connectivity index (χ0n) is 16.7. The number of anilines is 2. The van der Waals surface area contributed by atoms with Crippen LogP contribution in [-0.2, 0) is 21.0 Å². The molecule has 0 unspecified atom stereocenters. The first-order valence-electron chi connectivity index (χ1n) is 9.96. The minimum Gasteiger partial charge on any atom is -0.326 e. The Hall–Kier alpha value is -2.69. The third kappa shape index (κ3) is 6.65. The molecule has 3 rings (SSSR count). The van der Waals surface area contributed by atoms with Gasteiger partial charge >= 0.3 is 6.18 Å². The standard InChI is InChI=1S/C20H23F3N4O3S/c21-20(22,23)17-12-13-24-19(26-17)27-31(29,30)16-9-7-15(8-10-16)25-18(28)11-6-14-4-2-1-3-5-14/h7-10,12-14H,1-6,11H2,(H,25,28)(H,24,26,27). The molecule has 1 aliphatic carbocycles. The highest BCUT2D eigenvalue weighted by Crippen LogP contribution is 2.28. The minimum absolute atomic E-state index is 0.142. The predicted octanol–water partition coefficient (Wildman–Crippen LogP) is 4.60. The molecule has 1 fully saturated rings. The van der Waals surface area contributed by atoms with E-state index in [2.05, 4.69) is 15.3 Å². The number of carbonyl (C=O) groups excluding carboxylic acids is 1. The van der Waals surface area contributed by atoms with Gasteiger partial charge in [0, 0.05) is 18.3 Å². The number of sulfonamides is 1. The predicted molar refractivity (Wildman–Crippen MR) is 109 cm³/mol. The highest BCUT2D eigenvalue weighted by atomic mass is 32.2. The summed E-state index contributed by atoms with van der Waals surface area (Å²) >= 11 is 0. The van der Waals surface area contributed by atoms with E-state index < -0.39 is 27.8 Å². The number of nitrogens with zero attached hydrogens (tertiary/aromatic N) is 2. The highest BCUT2D eigenvalue weighted by molar-refractivity contribution is 7.92. The van der Waals surface area contributed by atoms with Crippen LogP contribution in [0.5, 0.6) is 0 Å². The SMILES string of the molecule is O=C(CCC1CCCCC1)Nc1ccc(S(=O)(=O)Nc2nccc(C(F)(F)F)n2)cc1. The maximum absolute atomic E-state index is 12.7. The lowest BCUT2D eigenvalue weighted by atomic mass is 9.86. The molecule has 0 radical (unpaired) electrons. The first-order valence-corrected chi connectivity index (χ1v) is 11.4. The zero-order valence-corrected chi connectivity index (χ0v) is 17.5. The van der Waals surface area contributed by atoms with Crippen molar-refractivity contribution in [3.8, 4) is 0 Å². The van der Waals surface area contributed by atoms with E-state index in [0.29, 0.717) is 24.1 Å². The van der Waals surface area contributed by atoms with Crippen molar-refractivity contribution in [2.45, 2.75) is 56.0 Å². The van der Waals surface area contributed by atoms with Gasteiger partial charge in [0.05, 0.1) is 4.90 Å². The number of aromatic nitrogens is 2. The van der Waals surface area contributed by atoms with Gasteiger partial charge in [-0.1, -0.05) is 32.1 Å². The van der Waals surface area contributed by atoms with Crippen LogP contribution in [0, 0.1) is 5.92 Å². The number of benzene rings is 1. The normalized spacial score (nSPS) is 15.5. The molecule has 0 saturated heterocycles. The Balaban J connectivity index is 1.59. The molecule has 0 aliphatic heterocycles. The van der Waals surface area contributed by atoms with Crippen molar-refractivity contribution in [2.24, 2.45) is 5.92 Å². The Morgan fingerprint density at radius 2 is 1.74 bits per heavy atom. The minimum atomic E-state index is -4.72. The molecule has 0 atom stereocenters. The molecule has 2 N–H and O–H groups in total. The van der Waals surface area contributed by atoms with Crippen molar-refractivity contribution in [1.29, 1.82) is 0 Å². The third-order valence-corrected chi connectivity index (χ3v) is 6.47. The molecule has 1 aromatic heterocycles. The Bertz CT molecular complexity index is 1010.